The summed E-state index contributed by atoms with van der Waals surface area (Å²) in [7, 11) is 0. The fraction of sp³-hybridized carbons (Fsp3) is 0.250. The van der Waals surface area contributed by atoms with Gasteiger partial charge in [0.05, 0.1) is 5.52 Å². The van der Waals surface area contributed by atoms with Gasteiger partial charge >= 0.3 is 0 Å². The van der Waals surface area contributed by atoms with Crippen molar-refractivity contribution in [3.8, 4) is 0 Å². The third kappa shape index (κ3) is 1.88. The van der Waals surface area contributed by atoms with E-state index in [1.807, 2.05) is 6.92 Å². The monoisotopic (exact) mass is 283 g/mol. The van der Waals surface area contributed by atoms with Crippen molar-refractivity contribution in [2.45, 2.75) is 20.3 Å². The van der Waals surface area contributed by atoms with Crippen molar-refractivity contribution in [2.75, 3.05) is 0 Å². The Hall–Kier alpha value is -0.600. The van der Waals surface area contributed by atoms with E-state index in [0.29, 0.717) is 5.15 Å². The number of benzene rings is 1. The molecule has 1 aromatic carbocycles. The summed E-state index contributed by atoms with van der Waals surface area (Å²) in [5, 5.41) is 1.74. The second kappa shape index (κ2) is 4.11. The summed E-state index contributed by atoms with van der Waals surface area (Å²) in [5.41, 5.74) is 3.22. The van der Waals surface area contributed by atoms with E-state index < -0.39 is 0 Å². The number of halogens is 2. The van der Waals surface area contributed by atoms with Crippen LogP contribution in [0.15, 0.2) is 22.7 Å². The predicted molar refractivity (Wildman–Crippen MR) is 68.6 cm³/mol. The topological polar surface area (TPSA) is 12.9 Å². The summed E-state index contributed by atoms with van der Waals surface area (Å²) in [6, 6.07) is 6.27. The standard InChI is InChI=1S/C12H11BrClN/c1-3-8-6-9-5-4-7(2)10(13)11(9)15-12(8)14/h4-6H,3H2,1-2H3. The molecule has 1 nitrogen and oxygen atoms in total. The van der Waals surface area contributed by atoms with Crippen LogP contribution in [0.2, 0.25) is 5.15 Å². The average Bonchev–Trinajstić information content (AvgIpc) is 2.24. The highest BCUT2D eigenvalue weighted by Crippen LogP contribution is 2.29. The van der Waals surface area contributed by atoms with Crippen LogP contribution in [-0.4, -0.2) is 4.98 Å². The number of hydrogen-bond donors (Lipinski definition) is 0. The van der Waals surface area contributed by atoms with Gasteiger partial charge < -0.3 is 0 Å². The minimum absolute atomic E-state index is 0.608. The average molecular weight is 285 g/mol. The lowest BCUT2D eigenvalue weighted by Crippen LogP contribution is -1.90. The second-order valence-electron chi connectivity index (χ2n) is 3.56. The first-order chi connectivity index (χ1) is 7.13. The molecule has 0 aliphatic carbocycles. The first-order valence-electron chi connectivity index (χ1n) is 4.87. The van der Waals surface area contributed by atoms with Gasteiger partial charge in [0.2, 0.25) is 0 Å². The van der Waals surface area contributed by atoms with Gasteiger partial charge in [-0.25, -0.2) is 4.98 Å². The van der Waals surface area contributed by atoms with E-state index in [1.54, 1.807) is 0 Å². The molecule has 0 aliphatic heterocycles. The largest absolute Gasteiger partial charge is 0.235 e. The maximum atomic E-state index is 6.10. The van der Waals surface area contributed by atoms with E-state index >= 15 is 0 Å². The molecule has 0 spiro atoms. The van der Waals surface area contributed by atoms with Crippen molar-refractivity contribution in [3.63, 3.8) is 0 Å². The summed E-state index contributed by atoms with van der Waals surface area (Å²) in [6.07, 6.45) is 0.910. The normalized spacial score (nSPS) is 10.9. The second-order valence-corrected chi connectivity index (χ2v) is 4.71. The van der Waals surface area contributed by atoms with Gasteiger partial charge in [-0.15, -0.1) is 0 Å². The van der Waals surface area contributed by atoms with Crippen molar-refractivity contribution in [3.05, 3.63) is 39.0 Å². The first-order valence-corrected chi connectivity index (χ1v) is 6.04. The molecule has 3 heteroatoms. The molecule has 0 saturated carbocycles. The molecule has 0 aliphatic rings. The highest BCUT2D eigenvalue weighted by atomic mass is 79.9. The Bertz CT molecular complexity index is 523. The minimum Gasteiger partial charge on any atom is -0.235 e. The Morgan fingerprint density at radius 1 is 1.40 bits per heavy atom. The van der Waals surface area contributed by atoms with Crippen molar-refractivity contribution >= 4 is 38.4 Å². The molecule has 0 unspecified atom stereocenters. The summed E-state index contributed by atoms with van der Waals surface area (Å²) in [5.74, 6) is 0. The molecule has 78 valence electrons. The summed E-state index contributed by atoms with van der Waals surface area (Å²) in [4.78, 5) is 4.43. The smallest absolute Gasteiger partial charge is 0.133 e. The van der Waals surface area contributed by atoms with Gasteiger partial charge in [0, 0.05) is 9.86 Å². The number of hydrogen-bond acceptors (Lipinski definition) is 1. The van der Waals surface area contributed by atoms with E-state index in [-0.39, 0.29) is 0 Å². The van der Waals surface area contributed by atoms with Crippen molar-refractivity contribution in [2.24, 2.45) is 0 Å². The summed E-state index contributed by atoms with van der Waals surface area (Å²) < 4.78 is 1.03. The number of pyridine rings is 1. The Morgan fingerprint density at radius 3 is 2.80 bits per heavy atom. The molecule has 15 heavy (non-hydrogen) atoms. The molecule has 0 bridgehead atoms. The van der Waals surface area contributed by atoms with E-state index in [1.165, 1.54) is 5.56 Å². The Kier molecular flexibility index (Phi) is 2.98. The molecule has 0 fully saturated rings. The zero-order valence-corrected chi connectivity index (χ0v) is 11.0. The molecule has 1 aromatic heterocycles. The zero-order chi connectivity index (χ0) is 11.0. The maximum absolute atomic E-state index is 6.10. The fourth-order valence-corrected chi connectivity index (χ4v) is 2.30. The van der Waals surface area contributed by atoms with Crippen LogP contribution in [-0.2, 0) is 6.42 Å². The Morgan fingerprint density at radius 2 is 2.13 bits per heavy atom. The Balaban J connectivity index is 2.81. The van der Waals surface area contributed by atoms with Crippen LogP contribution in [0, 0.1) is 6.92 Å². The van der Waals surface area contributed by atoms with Crippen molar-refractivity contribution in [1.82, 2.24) is 4.98 Å². The van der Waals surface area contributed by atoms with E-state index in [2.05, 4.69) is 46.0 Å². The molecule has 0 N–H and O–H groups in total. The van der Waals surface area contributed by atoms with Crippen molar-refractivity contribution < 1.29 is 0 Å². The molecule has 2 rings (SSSR count). The van der Waals surface area contributed by atoms with Gasteiger partial charge in [-0.3, -0.25) is 0 Å². The van der Waals surface area contributed by atoms with E-state index in [4.69, 9.17) is 11.6 Å². The number of aromatic nitrogens is 1. The van der Waals surface area contributed by atoms with E-state index in [0.717, 1.165) is 27.4 Å². The van der Waals surface area contributed by atoms with Gasteiger partial charge in [0.15, 0.2) is 0 Å². The van der Waals surface area contributed by atoms with Gasteiger partial charge in [0.1, 0.15) is 5.15 Å². The van der Waals surface area contributed by atoms with Crippen LogP contribution in [0.4, 0.5) is 0 Å². The highest BCUT2D eigenvalue weighted by molar-refractivity contribution is 9.10. The SMILES string of the molecule is CCc1cc2ccc(C)c(Br)c2nc1Cl. The van der Waals surface area contributed by atoms with Crippen LogP contribution in [0.25, 0.3) is 10.9 Å². The fourth-order valence-electron chi connectivity index (χ4n) is 1.58. The quantitative estimate of drug-likeness (QED) is 0.702. The van der Waals surface area contributed by atoms with Crippen molar-refractivity contribution in [1.29, 1.82) is 0 Å². The summed E-state index contributed by atoms with van der Waals surface area (Å²) >= 11 is 9.64. The molecule has 0 atom stereocenters. The molecular formula is C12H11BrClN. The van der Waals surface area contributed by atoms with Crippen LogP contribution in [0.3, 0.4) is 0 Å². The molecule has 1 heterocycles. The number of fused-ring (bicyclic) bond motifs is 1. The predicted octanol–water partition coefficient (Wildman–Crippen LogP) is 4.52. The molecule has 2 aromatic rings. The number of aryl methyl sites for hydroxylation is 2. The zero-order valence-electron chi connectivity index (χ0n) is 8.64. The van der Waals surface area contributed by atoms with Crippen LogP contribution in [0.1, 0.15) is 18.1 Å². The van der Waals surface area contributed by atoms with Gasteiger partial charge in [-0.2, -0.15) is 0 Å². The lowest BCUT2D eigenvalue weighted by molar-refractivity contribution is 1.12. The molecule has 0 saturated heterocycles. The van der Waals surface area contributed by atoms with Crippen LogP contribution >= 0.6 is 27.5 Å². The lowest BCUT2D eigenvalue weighted by Gasteiger charge is -2.06. The molecule has 0 radical (unpaired) electrons. The summed E-state index contributed by atoms with van der Waals surface area (Å²) in [6.45, 7) is 4.13. The Labute approximate surface area is 103 Å². The van der Waals surface area contributed by atoms with Crippen LogP contribution in [0.5, 0.6) is 0 Å². The first kappa shape index (κ1) is 10.9. The molecule has 0 amide bonds. The third-order valence-corrected chi connectivity index (χ3v) is 3.85. The van der Waals surface area contributed by atoms with E-state index in [9.17, 15) is 0 Å². The molecular weight excluding hydrogens is 273 g/mol. The minimum atomic E-state index is 0.608. The number of rotatable bonds is 1. The van der Waals surface area contributed by atoms with Crippen LogP contribution < -0.4 is 0 Å². The highest BCUT2D eigenvalue weighted by Gasteiger charge is 2.07. The maximum Gasteiger partial charge on any atom is 0.133 e. The number of nitrogens with zero attached hydrogens (tertiary/aromatic N) is 1. The van der Waals surface area contributed by atoms with Gasteiger partial charge in [-0.05, 0) is 46.5 Å². The third-order valence-electron chi connectivity index (χ3n) is 2.53. The lowest BCUT2D eigenvalue weighted by atomic mass is 10.1. The van der Waals surface area contributed by atoms with Gasteiger partial charge in [-0.1, -0.05) is 30.7 Å². The van der Waals surface area contributed by atoms with Gasteiger partial charge in [0.25, 0.3) is 0 Å².